The number of hydrogen-bond donors (Lipinski definition) is 0. The van der Waals surface area contributed by atoms with Crippen LogP contribution in [0.4, 0.5) is 0 Å². The van der Waals surface area contributed by atoms with E-state index in [0.717, 1.165) is 103 Å². The highest BCUT2D eigenvalue weighted by molar-refractivity contribution is 5.72. The number of rotatable bonds is 53. The van der Waals surface area contributed by atoms with Crippen LogP contribution in [0.2, 0.25) is 0 Å². The lowest BCUT2D eigenvalue weighted by Crippen LogP contribution is -2.30. The second kappa shape index (κ2) is 59.6. The van der Waals surface area contributed by atoms with E-state index in [1.165, 1.54) is 128 Å². The van der Waals surface area contributed by atoms with Crippen LogP contribution in [0, 0.1) is 0 Å². The Morgan fingerprint density at radius 2 is 0.597 bits per heavy atom. The normalized spacial score (nSPS) is 12.9. The predicted octanol–water partition coefficient (Wildman–Crippen LogP) is 20.3. The Bertz CT molecular complexity index is 1470. The molecule has 0 bridgehead atoms. The first kappa shape index (κ1) is 68.1. The third kappa shape index (κ3) is 57.0. The Kier molecular flexibility index (Phi) is 56.4. The molecule has 0 aliphatic carbocycles. The van der Waals surface area contributed by atoms with E-state index in [9.17, 15) is 14.4 Å². The molecule has 6 heteroatoms. The maximum absolute atomic E-state index is 12.9. The van der Waals surface area contributed by atoms with Gasteiger partial charge < -0.3 is 14.2 Å². The van der Waals surface area contributed by atoms with Crippen molar-refractivity contribution in [2.75, 3.05) is 13.2 Å². The minimum Gasteiger partial charge on any atom is -0.462 e. The fraction of sp³-hybridized carbons (Fsp3) is 0.682. The van der Waals surface area contributed by atoms with E-state index in [0.29, 0.717) is 12.8 Å². The summed E-state index contributed by atoms with van der Waals surface area (Å²) in [6.07, 6.45) is 81.1. The van der Waals surface area contributed by atoms with Crippen molar-refractivity contribution in [1.29, 1.82) is 0 Å². The van der Waals surface area contributed by atoms with Crippen LogP contribution < -0.4 is 0 Å². The van der Waals surface area contributed by atoms with Crippen molar-refractivity contribution in [1.82, 2.24) is 0 Å². The van der Waals surface area contributed by atoms with Gasteiger partial charge in [-0.1, -0.05) is 278 Å². The van der Waals surface area contributed by atoms with Crippen molar-refractivity contribution >= 4 is 17.9 Å². The number of unbranched alkanes of at least 4 members (excludes halogenated alkanes) is 25. The van der Waals surface area contributed by atoms with Gasteiger partial charge in [0.15, 0.2) is 6.10 Å². The van der Waals surface area contributed by atoms with Crippen LogP contribution in [-0.2, 0) is 28.6 Å². The number of ether oxygens (including phenoxy) is 3. The molecule has 6 nitrogen and oxygen atoms in total. The van der Waals surface area contributed by atoms with Crippen molar-refractivity contribution < 1.29 is 28.6 Å². The van der Waals surface area contributed by atoms with Crippen LogP contribution in [0.5, 0.6) is 0 Å². The first-order valence-corrected chi connectivity index (χ1v) is 29.9. The first-order valence-electron chi connectivity index (χ1n) is 29.9. The third-order valence-corrected chi connectivity index (χ3v) is 12.6. The molecular weight excluding hydrogens is 889 g/mol. The van der Waals surface area contributed by atoms with Crippen molar-refractivity contribution in [3.63, 3.8) is 0 Å². The molecule has 0 heterocycles. The molecule has 0 rings (SSSR count). The molecule has 0 aromatic carbocycles. The molecule has 72 heavy (non-hydrogen) atoms. The van der Waals surface area contributed by atoms with E-state index in [-0.39, 0.29) is 31.6 Å². The molecule has 0 fully saturated rings. The highest BCUT2D eigenvalue weighted by Crippen LogP contribution is 2.16. The van der Waals surface area contributed by atoms with Gasteiger partial charge in [-0.15, -0.1) is 0 Å². The van der Waals surface area contributed by atoms with Crippen molar-refractivity contribution in [2.45, 2.75) is 277 Å². The summed E-state index contributed by atoms with van der Waals surface area (Å²) in [6.45, 7) is 6.34. The highest BCUT2D eigenvalue weighted by Gasteiger charge is 2.19. The molecule has 0 N–H and O–H groups in total. The van der Waals surface area contributed by atoms with E-state index < -0.39 is 12.1 Å². The lowest BCUT2D eigenvalue weighted by molar-refractivity contribution is -0.166. The Balaban J connectivity index is 4.46. The Hall–Kier alpha value is -3.93. The van der Waals surface area contributed by atoms with E-state index in [2.05, 4.69) is 118 Å². The van der Waals surface area contributed by atoms with Gasteiger partial charge in [0.05, 0.1) is 6.42 Å². The van der Waals surface area contributed by atoms with Crippen LogP contribution in [0.15, 0.2) is 109 Å². The van der Waals surface area contributed by atoms with E-state index in [4.69, 9.17) is 14.2 Å². The van der Waals surface area contributed by atoms with Gasteiger partial charge in [-0.25, -0.2) is 0 Å². The molecule has 0 aliphatic heterocycles. The molecule has 1 atom stereocenters. The van der Waals surface area contributed by atoms with Gasteiger partial charge in [-0.05, 0) is 83.5 Å². The minimum absolute atomic E-state index is 0.112. The quantitative estimate of drug-likeness (QED) is 0.0261. The largest absolute Gasteiger partial charge is 0.462 e. The molecule has 0 spiro atoms. The zero-order valence-electron chi connectivity index (χ0n) is 46.9. The summed E-state index contributed by atoms with van der Waals surface area (Å²) < 4.78 is 16.8. The Morgan fingerprint density at radius 1 is 0.306 bits per heavy atom. The van der Waals surface area contributed by atoms with Gasteiger partial charge in [0, 0.05) is 12.8 Å². The maximum atomic E-state index is 12.9. The molecule has 0 aromatic rings. The summed E-state index contributed by atoms with van der Waals surface area (Å²) in [5.74, 6) is -1.05. The number of hydrogen-bond acceptors (Lipinski definition) is 6. The zero-order chi connectivity index (χ0) is 52.2. The second-order valence-electron chi connectivity index (χ2n) is 19.5. The van der Waals surface area contributed by atoms with Gasteiger partial charge in [0.25, 0.3) is 0 Å². The summed E-state index contributed by atoms with van der Waals surface area (Å²) in [6, 6.07) is 0. The Labute approximate surface area is 444 Å². The summed E-state index contributed by atoms with van der Waals surface area (Å²) in [7, 11) is 0. The molecule has 0 aromatic heterocycles. The SMILES string of the molecule is CC/C=C\C/C=C\C/C=C\C/C=C\C/C=C\CC(=O)OCC(COC(=O)CCCCCCCCCC/C=C\C/C=C\C/C=C\C/C=C\CC)OC(=O)CCCCCCCCCCCCCCCCCCCC. The zero-order valence-corrected chi connectivity index (χ0v) is 46.9. The standard InChI is InChI=1S/C66H110O6/c1-4-7-10-13-16-19-22-25-28-30-32-33-34-36-38-41-44-47-50-53-56-59-65(68)71-62-63(61-70-64(67)58-55-52-49-46-43-40-37-27-24-21-18-15-12-9-6-3)72-66(69)60-57-54-51-48-45-42-39-35-31-29-26-23-20-17-14-11-8-5-2/h7,9-10,12,16,18-19,21,25,27-28,32-33,37,43,46,52,55,63H,4-6,8,11,13-15,17,20,22-24,26,29-31,34-36,38-42,44-45,47-51,53-54,56-62H2,1-3H3/b10-7-,12-9-,19-16-,21-18-,28-25-,33-32-,37-27-,46-43-,55-52-. The molecule has 0 radical (unpaired) electrons. The van der Waals surface area contributed by atoms with E-state index in [1.807, 2.05) is 6.08 Å². The van der Waals surface area contributed by atoms with Crippen molar-refractivity contribution in [3.05, 3.63) is 109 Å². The predicted molar refractivity (Wildman–Crippen MR) is 311 cm³/mol. The molecule has 0 amide bonds. The maximum Gasteiger partial charge on any atom is 0.309 e. The monoisotopic (exact) mass is 999 g/mol. The minimum atomic E-state index is -0.822. The summed E-state index contributed by atoms with van der Waals surface area (Å²) in [4.78, 5) is 38.2. The topological polar surface area (TPSA) is 78.9 Å². The van der Waals surface area contributed by atoms with E-state index in [1.54, 1.807) is 6.08 Å². The second-order valence-corrected chi connectivity index (χ2v) is 19.5. The van der Waals surface area contributed by atoms with Crippen molar-refractivity contribution in [2.24, 2.45) is 0 Å². The summed E-state index contributed by atoms with van der Waals surface area (Å²) in [5, 5.41) is 0. The molecule has 1 unspecified atom stereocenters. The molecule has 0 saturated heterocycles. The summed E-state index contributed by atoms with van der Waals surface area (Å²) in [5.41, 5.74) is 0. The fourth-order valence-corrected chi connectivity index (χ4v) is 8.15. The first-order chi connectivity index (χ1) is 35.5. The van der Waals surface area contributed by atoms with Crippen LogP contribution in [0.1, 0.15) is 271 Å². The van der Waals surface area contributed by atoms with Crippen molar-refractivity contribution in [3.8, 4) is 0 Å². The van der Waals surface area contributed by atoms with Crippen LogP contribution in [0.3, 0.4) is 0 Å². The molecule has 0 saturated carbocycles. The van der Waals surface area contributed by atoms with Gasteiger partial charge in [0.2, 0.25) is 0 Å². The van der Waals surface area contributed by atoms with Gasteiger partial charge >= 0.3 is 17.9 Å². The number of esters is 3. The van der Waals surface area contributed by atoms with E-state index >= 15 is 0 Å². The molecule has 0 aliphatic rings. The summed E-state index contributed by atoms with van der Waals surface area (Å²) >= 11 is 0. The average Bonchev–Trinajstić information content (AvgIpc) is 3.38. The lowest BCUT2D eigenvalue weighted by atomic mass is 10.0. The van der Waals surface area contributed by atoms with Gasteiger partial charge in [0.1, 0.15) is 13.2 Å². The molecular formula is C66H110O6. The third-order valence-electron chi connectivity index (χ3n) is 12.6. The van der Waals surface area contributed by atoms with Crippen LogP contribution in [0.25, 0.3) is 0 Å². The lowest BCUT2D eigenvalue weighted by Gasteiger charge is -2.18. The molecule has 410 valence electrons. The smallest absolute Gasteiger partial charge is 0.309 e. The highest BCUT2D eigenvalue weighted by atomic mass is 16.6. The number of carbonyl (C=O) groups is 3. The Morgan fingerprint density at radius 3 is 0.972 bits per heavy atom. The van der Waals surface area contributed by atoms with Crippen LogP contribution >= 0.6 is 0 Å². The fourth-order valence-electron chi connectivity index (χ4n) is 8.15. The van der Waals surface area contributed by atoms with Gasteiger partial charge in [-0.3, -0.25) is 14.4 Å². The van der Waals surface area contributed by atoms with Crippen LogP contribution in [-0.4, -0.2) is 37.2 Å². The average molecular weight is 1000 g/mol. The number of carbonyl (C=O) groups excluding carboxylic acids is 3. The number of allylic oxidation sites excluding steroid dienone is 17. The van der Waals surface area contributed by atoms with Gasteiger partial charge in [-0.2, -0.15) is 0 Å².